The highest BCUT2D eigenvalue weighted by molar-refractivity contribution is 7.46. The summed E-state index contributed by atoms with van der Waals surface area (Å²) in [6.07, 6.45) is 6.50. The lowest BCUT2D eigenvalue weighted by Crippen LogP contribution is -2.43. The van der Waals surface area contributed by atoms with Gasteiger partial charge in [0, 0.05) is 25.3 Å². The summed E-state index contributed by atoms with van der Waals surface area (Å²) in [6, 6.07) is 9.03. The number of carbonyl (C=O) groups excluding carboxylic acids is 3. The molecule has 1 aromatic rings. The van der Waals surface area contributed by atoms with E-state index in [1.165, 1.54) is 11.3 Å². The lowest BCUT2D eigenvalue weighted by molar-refractivity contribution is -0.261. The van der Waals surface area contributed by atoms with Crippen LogP contribution in [0.5, 0.6) is 0 Å². The first-order valence-corrected chi connectivity index (χ1v) is 16.2. The Hall–Kier alpha value is -2.35. The van der Waals surface area contributed by atoms with E-state index in [0.717, 1.165) is 37.7 Å². The molecular formula is C30H45NO8P+. The minimum atomic E-state index is -2.19. The maximum absolute atomic E-state index is 13.5. The molecule has 0 aromatic heterocycles. The normalized spacial score (nSPS) is 21.6. The van der Waals surface area contributed by atoms with Crippen molar-refractivity contribution in [2.24, 2.45) is 17.8 Å². The summed E-state index contributed by atoms with van der Waals surface area (Å²) in [5, 5.41) is 10.4. The number of ether oxygens (including phenoxy) is 1. The van der Waals surface area contributed by atoms with E-state index in [2.05, 4.69) is 4.89 Å². The van der Waals surface area contributed by atoms with Gasteiger partial charge in [-0.2, -0.15) is 0 Å². The maximum Gasteiger partial charge on any atom is 0.380 e. The number of aliphatic hydroxyl groups excluding tert-OH is 1. The van der Waals surface area contributed by atoms with E-state index in [9.17, 15) is 24.1 Å². The standard InChI is InChI=1S/C30H45NO8P/c1-4-27(33)38-39-30(35)25-18-24(23-15-9-6-10-16-23)19-31(25)26(32)20-40(36)28(37-29(34)21(2)3)17-11-14-22-12-7-5-8-13-22/h5,7-8,12-13,21,23-25,28-29,34H,4,6,9-11,14-20H2,1-3H3/q+1/t24-,25+,28-,29+/m1/s1. The molecule has 9 nitrogen and oxygen atoms in total. The topological polar surface area (TPSA) is 119 Å². The van der Waals surface area contributed by atoms with Crippen LogP contribution in [0.15, 0.2) is 30.3 Å². The molecule has 222 valence electrons. The van der Waals surface area contributed by atoms with Gasteiger partial charge >= 0.3 is 19.7 Å². The van der Waals surface area contributed by atoms with Gasteiger partial charge in [0.25, 0.3) is 11.8 Å². The Morgan fingerprint density at radius 1 is 1.05 bits per heavy atom. The fourth-order valence-electron chi connectivity index (χ4n) is 5.57. The highest BCUT2D eigenvalue weighted by Crippen LogP contribution is 2.40. The van der Waals surface area contributed by atoms with Crippen LogP contribution in [0.1, 0.15) is 84.1 Å². The number of aryl methyl sites for hydroxylation is 1. The number of benzene rings is 1. The summed E-state index contributed by atoms with van der Waals surface area (Å²) in [5.74, 6) is -2.33. The first-order valence-electron chi connectivity index (χ1n) is 14.7. The Morgan fingerprint density at radius 2 is 1.75 bits per heavy atom. The minimum absolute atomic E-state index is 0.0552. The first kappa shape index (κ1) is 32.2. The van der Waals surface area contributed by atoms with Crippen molar-refractivity contribution >= 4 is 25.6 Å². The zero-order valence-electron chi connectivity index (χ0n) is 24.0. The zero-order valence-corrected chi connectivity index (χ0v) is 24.9. The third kappa shape index (κ3) is 9.64. The van der Waals surface area contributed by atoms with E-state index in [4.69, 9.17) is 9.62 Å². The first-order chi connectivity index (χ1) is 19.2. The summed E-state index contributed by atoms with van der Waals surface area (Å²) in [4.78, 5) is 48.8. The summed E-state index contributed by atoms with van der Waals surface area (Å²) in [6.45, 7) is 5.58. The molecule has 1 unspecified atom stereocenters. The third-order valence-electron chi connectivity index (χ3n) is 7.99. The fraction of sp³-hybridized carbons (Fsp3) is 0.700. The number of hydrogen-bond acceptors (Lipinski definition) is 8. The Bertz CT molecular complexity index is 981. The van der Waals surface area contributed by atoms with Crippen LogP contribution in [-0.4, -0.2) is 58.7 Å². The number of rotatable bonds is 13. The monoisotopic (exact) mass is 578 g/mol. The van der Waals surface area contributed by atoms with Gasteiger partial charge in [-0.1, -0.05) is 87.8 Å². The Labute approximate surface area is 238 Å². The third-order valence-corrected chi connectivity index (χ3v) is 9.59. The number of likely N-dealkylation sites (tertiary alicyclic amines) is 1. The molecule has 1 saturated carbocycles. The zero-order chi connectivity index (χ0) is 29.1. The molecular weight excluding hydrogens is 533 g/mol. The van der Waals surface area contributed by atoms with Crippen LogP contribution < -0.4 is 0 Å². The van der Waals surface area contributed by atoms with Gasteiger partial charge in [-0.05, 0) is 36.7 Å². The summed E-state index contributed by atoms with van der Waals surface area (Å²) < 4.78 is 19.3. The molecule has 1 aromatic carbocycles. The molecule has 10 heteroatoms. The van der Waals surface area contributed by atoms with Gasteiger partial charge in [-0.15, -0.1) is 0 Å². The smallest absolute Gasteiger partial charge is 0.368 e. The van der Waals surface area contributed by atoms with Crippen LogP contribution in [0.25, 0.3) is 0 Å². The number of amides is 1. The lowest BCUT2D eigenvalue weighted by atomic mass is 9.79. The van der Waals surface area contributed by atoms with Gasteiger partial charge < -0.3 is 14.7 Å². The van der Waals surface area contributed by atoms with Crippen molar-refractivity contribution in [2.75, 3.05) is 12.7 Å². The Morgan fingerprint density at radius 3 is 2.40 bits per heavy atom. The molecule has 40 heavy (non-hydrogen) atoms. The van der Waals surface area contributed by atoms with Crippen molar-refractivity contribution in [3.05, 3.63) is 35.9 Å². The van der Waals surface area contributed by atoms with Gasteiger partial charge in [-0.25, -0.2) is 19.4 Å². The minimum Gasteiger partial charge on any atom is -0.368 e. The van der Waals surface area contributed by atoms with Gasteiger partial charge in [0.2, 0.25) is 6.16 Å². The van der Waals surface area contributed by atoms with Crippen LogP contribution in [0, 0.1) is 17.8 Å². The van der Waals surface area contributed by atoms with Gasteiger partial charge in [0.05, 0.1) is 0 Å². The second-order valence-electron chi connectivity index (χ2n) is 11.3. The van der Waals surface area contributed by atoms with Crippen molar-refractivity contribution in [1.82, 2.24) is 4.90 Å². The number of carbonyl (C=O) groups is 3. The van der Waals surface area contributed by atoms with Crippen molar-refractivity contribution in [2.45, 2.75) is 103 Å². The molecule has 1 heterocycles. The molecule has 1 aliphatic heterocycles. The molecule has 0 radical (unpaired) electrons. The van der Waals surface area contributed by atoms with Crippen LogP contribution >= 0.6 is 7.80 Å². The van der Waals surface area contributed by atoms with Crippen molar-refractivity contribution in [3.63, 3.8) is 0 Å². The summed E-state index contributed by atoms with van der Waals surface area (Å²) in [5.41, 5.74) is 1.15. The van der Waals surface area contributed by atoms with Gasteiger partial charge in [0.15, 0.2) is 6.29 Å². The molecule has 1 amide bonds. The molecule has 1 N–H and O–H groups in total. The van der Waals surface area contributed by atoms with Crippen LogP contribution in [0.4, 0.5) is 0 Å². The van der Waals surface area contributed by atoms with E-state index < -0.39 is 43.8 Å². The quantitative estimate of drug-likeness (QED) is 0.144. The molecule has 0 spiro atoms. The highest BCUT2D eigenvalue weighted by atomic mass is 31.1. The van der Waals surface area contributed by atoms with Crippen molar-refractivity contribution < 1.29 is 38.6 Å². The van der Waals surface area contributed by atoms with E-state index in [-0.39, 0.29) is 24.4 Å². The average Bonchev–Trinajstić information content (AvgIpc) is 3.42. The molecule has 1 aliphatic carbocycles. The van der Waals surface area contributed by atoms with Gasteiger partial charge in [-0.3, -0.25) is 4.79 Å². The molecule has 2 aliphatic rings. The maximum atomic E-state index is 13.5. The fourth-order valence-corrected chi connectivity index (χ4v) is 6.95. The molecule has 3 rings (SSSR count). The summed E-state index contributed by atoms with van der Waals surface area (Å²) in [7, 11) is -2.19. The number of hydrogen-bond donors (Lipinski definition) is 1. The van der Waals surface area contributed by atoms with Crippen molar-refractivity contribution in [3.8, 4) is 0 Å². The van der Waals surface area contributed by atoms with Gasteiger partial charge in [0.1, 0.15) is 6.04 Å². The highest BCUT2D eigenvalue weighted by Gasteiger charge is 2.47. The summed E-state index contributed by atoms with van der Waals surface area (Å²) >= 11 is 0. The SMILES string of the molecule is CCC(=O)OOC(=O)[C@@H]1C[C@@H](C2CCCCC2)CN1C(=O)C[P+](=O)[C@H](CCCc1ccccc1)O[C@H](O)C(C)C. The Balaban J connectivity index is 1.68. The lowest BCUT2D eigenvalue weighted by Gasteiger charge is -2.27. The van der Waals surface area contributed by atoms with E-state index in [1.807, 2.05) is 30.3 Å². The number of nitrogens with zero attached hydrogens (tertiary/aromatic N) is 1. The largest absolute Gasteiger partial charge is 0.380 e. The second kappa shape index (κ2) is 16.2. The van der Waals surface area contributed by atoms with Crippen molar-refractivity contribution in [1.29, 1.82) is 0 Å². The number of aliphatic hydroxyl groups is 1. The average molecular weight is 579 g/mol. The predicted molar refractivity (Wildman–Crippen MR) is 150 cm³/mol. The molecule has 2 fully saturated rings. The van der Waals surface area contributed by atoms with E-state index in [0.29, 0.717) is 31.7 Å². The molecule has 1 saturated heterocycles. The van der Waals surface area contributed by atoms with E-state index in [1.54, 1.807) is 20.8 Å². The molecule has 5 atom stereocenters. The Kier molecular flexibility index (Phi) is 13.0. The second-order valence-corrected chi connectivity index (χ2v) is 13.1. The van der Waals surface area contributed by atoms with Crippen LogP contribution in [-0.2, 0) is 39.9 Å². The van der Waals surface area contributed by atoms with E-state index >= 15 is 0 Å². The molecule has 0 bridgehead atoms. The predicted octanol–water partition coefficient (Wildman–Crippen LogP) is 5.36. The van der Waals surface area contributed by atoms with Crippen LogP contribution in [0.2, 0.25) is 0 Å². The van der Waals surface area contributed by atoms with Crippen LogP contribution in [0.3, 0.4) is 0 Å².